The number of fused-ring (bicyclic) bond motifs is 1. The second kappa shape index (κ2) is 3.08. The number of nitrogens with zero attached hydrogens (tertiary/aromatic N) is 1. The van der Waals surface area contributed by atoms with E-state index in [1.54, 1.807) is 6.07 Å². The Kier molecular flexibility index (Phi) is 1.93. The third-order valence-electron chi connectivity index (χ3n) is 3.11. The van der Waals surface area contributed by atoms with Gasteiger partial charge in [0.05, 0.1) is 5.52 Å². The Bertz CT molecular complexity index is 540. The molecule has 0 unspecified atom stereocenters. The van der Waals surface area contributed by atoms with E-state index < -0.39 is 0 Å². The zero-order chi connectivity index (χ0) is 10.6. The van der Waals surface area contributed by atoms with E-state index in [1.165, 1.54) is 24.6 Å². The minimum absolute atomic E-state index is 0.169. The molecule has 0 saturated heterocycles. The van der Waals surface area contributed by atoms with E-state index in [-0.39, 0.29) is 5.82 Å². The molecule has 1 aromatic carbocycles. The van der Waals surface area contributed by atoms with Gasteiger partial charge in [-0.05, 0) is 47.0 Å². The summed E-state index contributed by atoms with van der Waals surface area (Å²) in [6, 6.07) is 4.97. The molecule has 0 amide bonds. The third kappa shape index (κ3) is 1.33. The molecular weight excluding hydrogens is 257 g/mol. The van der Waals surface area contributed by atoms with Gasteiger partial charge in [-0.25, -0.2) is 4.39 Å². The standard InChI is InChI=1S/C12H11BrFN/c1-15-10-6-8(14)4-5-9(10)11(13)12(15)7-2-3-7/h4-7H,2-3H2,1H3. The Morgan fingerprint density at radius 1 is 1.40 bits per heavy atom. The van der Waals surface area contributed by atoms with Crippen molar-refractivity contribution in [1.29, 1.82) is 0 Å². The van der Waals surface area contributed by atoms with Crippen molar-refractivity contribution in [1.82, 2.24) is 4.57 Å². The molecule has 0 radical (unpaired) electrons. The van der Waals surface area contributed by atoms with Crippen LogP contribution in [-0.4, -0.2) is 4.57 Å². The average Bonchev–Trinajstić information content (AvgIpc) is 2.98. The van der Waals surface area contributed by atoms with Gasteiger partial charge >= 0.3 is 0 Å². The second-order valence-corrected chi connectivity index (χ2v) is 4.99. The van der Waals surface area contributed by atoms with E-state index >= 15 is 0 Å². The fourth-order valence-corrected chi connectivity index (χ4v) is 3.12. The molecule has 0 N–H and O–H groups in total. The number of benzene rings is 1. The maximum absolute atomic E-state index is 13.1. The van der Waals surface area contributed by atoms with Crippen LogP contribution in [0.15, 0.2) is 22.7 Å². The summed E-state index contributed by atoms with van der Waals surface area (Å²) in [6.07, 6.45) is 2.51. The molecule has 3 rings (SSSR count). The van der Waals surface area contributed by atoms with E-state index in [2.05, 4.69) is 20.5 Å². The molecule has 78 valence electrons. The SMILES string of the molecule is Cn1c(C2CC2)c(Br)c2ccc(F)cc21. The van der Waals surface area contributed by atoms with Crippen molar-refractivity contribution in [2.24, 2.45) is 7.05 Å². The van der Waals surface area contributed by atoms with Gasteiger partial charge in [-0.15, -0.1) is 0 Å². The normalized spacial score (nSPS) is 16.2. The Labute approximate surface area is 96.0 Å². The maximum Gasteiger partial charge on any atom is 0.125 e. The maximum atomic E-state index is 13.1. The Morgan fingerprint density at radius 2 is 2.13 bits per heavy atom. The molecule has 1 fully saturated rings. The Balaban J connectivity index is 2.37. The first kappa shape index (κ1) is 9.40. The van der Waals surface area contributed by atoms with Crippen molar-refractivity contribution < 1.29 is 4.39 Å². The molecular formula is C12H11BrFN. The average molecular weight is 268 g/mol. The van der Waals surface area contributed by atoms with E-state index in [0.717, 1.165) is 15.4 Å². The number of halogens is 2. The van der Waals surface area contributed by atoms with Gasteiger partial charge < -0.3 is 4.57 Å². The van der Waals surface area contributed by atoms with Gasteiger partial charge in [0.1, 0.15) is 5.82 Å². The van der Waals surface area contributed by atoms with Crippen molar-refractivity contribution in [3.8, 4) is 0 Å². The third-order valence-corrected chi connectivity index (χ3v) is 3.94. The monoisotopic (exact) mass is 267 g/mol. The molecule has 1 aliphatic carbocycles. The van der Waals surface area contributed by atoms with E-state index in [0.29, 0.717) is 5.92 Å². The lowest BCUT2D eigenvalue weighted by molar-refractivity contribution is 0.628. The zero-order valence-corrected chi connectivity index (χ0v) is 10.0. The Morgan fingerprint density at radius 3 is 2.80 bits per heavy atom. The molecule has 0 atom stereocenters. The minimum atomic E-state index is -0.169. The van der Waals surface area contributed by atoms with Crippen LogP contribution in [0.3, 0.4) is 0 Å². The molecule has 0 spiro atoms. The number of rotatable bonds is 1. The fraction of sp³-hybridized carbons (Fsp3) is 0.333. The first-order chi connectivity index (χ1) is 7.18. The summed E-state index contributed by atoms with van der Waals surface area (Å²) < 4.78 is 16.4. The largest absolute Gasteiger partial charge is 0.346 e. The van der Waals surface area contributed by atoms with Gasteiger partial charge in [0.15, 0.2) is 0 Å². The molecule has 15 heavy (non-hydrogen) atoms. The van der Waals surface area contributed by atoms with E-state index in [9.17, 15) is 4.39 Å². The van der Waals surface area contributed by atoms with Crippen molar-refractivity contribution in [3.05, 3.63) is 34.2 Å². The fourth-order valence-electron chi connectivity index (χ4n) is 2.19. The lowest BCUT2D eigenvalue weighted by Crippen LogP contribution is -1.94. The lowest BCUT2D eigenvalue weighted by atomic mass is 10.2. The van der Waals surface area contributed by atoms with Crippen molar-refractivity contribution in [2.75, 3.05) is 0 Å². The van der Waals surface area contributed by atoms with Crippen LogP contribution in [0.1, 0.15) is 24.5 Å². The predicted octanol–water partition coefficient (Wildman–Crippen LogP) is 3.96. The van der Waals surface area contributed by atoms with Gasteiger partial charge in [0, 0.05) is 28.5 Å². The summed E-state index contributed by atoms with van der Waals surface area (Å²) in [5.41, 5.74) is 2.29. The van der Waals surface area contributed by atoms with Crippen molar-refractivity contribution in [3.63, 3.8) is 0 Å². The number of aromatic nitrogens is 1. The zero-order valence-electron chi connectivity index (χ0n) is 8.43. The molecule has 0 bridgehead atoms. The molecule has 1 saturated carbocycles. The van der Waals surface area contributed by atoms with Crippen LogP contribution in [-0.2, 0) is 7.05 Å². The molecule has 1 nitrogen and oxygen atoms in total. The first-order valence-corrected chi connectivity index (χ1v) is 5.91. The summed E-state index contributed by atoms with van der Waals surface area (Å²) in [5.74, 6) is 0.498. The summed E-state index contributed by atoms with van der Waals surface area (Å²) >= 11 is 3.62. The predicted molar refractivity (Wildman–Crippen MR) is 62.6 cm³/mol. The Hall–Kier alpha value is -0.830. The highest BCUT2D eigenvalue weighted by atomic mass is 79.9. The summed E-state index contributed by atoms with van der Waals surface area (Å²) in [4.78, 5) is 0. The van der Waals surface area contributed by atoms with Crippen LogP contribution in [0.5, 0.6) is 0 Å². The minimum Gasteiger partial charge on any atom is -0.346 e. The first-order valence-electron chi connectivity index (χ1n) is 5.12. The summed E-state index contributed by atoms with van der Waals surface area (Å²) in [7, 11) is 2.01. The van der Waals surface area contributed by atoms with E-state index in [1.807, 2.05) is 13.1 Å². The number of hydrogen-bond donors (Lipinski definition) is 0. The molecule has 1 aliphatic rings. The van der Waals surface area contributed by atoms with Crippen LogP contribution < -0.4 is 0 Å². The summed E-state index contributed by atoms with van der Waals surface area (Å²) in [5, 5.41) is 1.11. The van der Waals surface area contributed by atoms with E-state index in [4.69, 9.17) is 0 Å². The second-order valence-electron chi connectivity index (χ2n) is 4.19. The van der Waals surface area contributed by atoms with Crippen LogP contribution >= 0.6 is 15.9 Å². The number of hydrogen-bond acceptors (Lipinski definition) is 0. The summed E-state index contributed by atoms with van der Waals surface area (Å²) in [6.45, 7) is 0. The quantitative estimate of drug-likeness (QED) is 0.737. The topological polar surface area (TPSA) is 4.93 Å². The van der Waals surface area contributed by atoms with Crippen LogP contribution in [0.4, 0.5) is 4.39 Å². The van der Waals surface area contributed by atoms with Gasteiger partial charge in [0.25, 0.3) is 0 Å². The van der Waals surface area contributed by atoms with Gasteiger partial charge in [-0.2, -0.15) is 0 Å². The highest BCUT2D eigenvalue weighted by Crippen LogP contribution is 2.46. The van der Waals surface area contributed by atoms with Crippen LogP contribution in [0, 0.1) is 5.82 Å². The van der Waals surface area contributed by atoms with Gasteiger partial charge in [-0.1, -0.05) is 0 Å². The highest BCUT2D eigenvalue weighted by molar-refractivity contribution is 9.10. The van der Waals surface area contributed by atoms with Gasteiger partial charge in [0.2, 0.25) is 0 Å². The molecule has 3 heteroatoms. The smallest absolute Gasteiger partial charge is 0.125 e. The molecule has 0 aliphatic heterocycles. The number of aryl methyl sites for hydroxylation is 1. The van der Waals surface area contributed by atoms with Crippen molar-refractivity contribution in [2.45, 2.75) is 18.8 Å². The van der Waals surface area contributed by atoms with Gasteiger partial charge in [-0.3, -0.25) is 0 Å². The molecule has 1 heterocycles. The lowest BCUT2D eigenvalue weighted by Gasteiger charge is -2.02. The van der Waals surface area contributed by atoms with Crippen molar-refractivity contribution >= 4 is 26.8 Å². The highest BCUT2D eigenvalue weighted by Gasteiger charge is 2.30. The van der Waals surface area contributed by atoms with Crippen LogP contribution in [0.2, 0.25) is 0 Å². The molecule has 1 aromatic heterocycles. The molecule has 2 aromatic rings. The van der Waals surface area contributed by atoms with Crippen LogP contribution in [0.25, 0.3) is 10.9 Å².